The van der Waals surface area contributed by atoms with Crippen molar-refractivity contribution in [2.75, 3.05) is 39.3 Å². The van der Waals surface area contributed by atoms with Gasteiger partial charge in [-0.25, -0.2) is 4.98 Å². The second kappa shape index (κ2) is 15.6. The molecule has 0 saturated carbocycles. The first-order valence-electron chi connectivity index (χ1n) is 18.4. The molecule has 2 amide bonds. The summed E-state index contributed by atoms with van der Waals surface area (Å²) < 4.78 is 0. The van der Waals surface area contributed by atoms with Gasteiger partial charge in [-0.05, 0) is 106 Å². The number of aromatic nitrogens is 5. The minimum absolute atomic E-state index is 0.00301. The predicted octanol–water partition coefficient (Wildman–Crippen LogP) is 4.20. The third-order valence-corrected chi connectivity index (χ3v) is 11.2. The van der Waals surface area contributed by atoms with E-state index in [2.05, 4.69) is 49.1 Å². The number of likely N-dealkylation sites (tertiary alicyclic amines) is 3. The van der Waals surface area contributed by atoms with Crippen LogP contribution in [0.4, 0.5) is 0 Å². The standard InChI is InChI=1S/C24H33N7O.C15H16N2O2/c1-16-12-17(13-19-15-28-29-22(16)19)14-21(25)24(32)31-10-4-20(5-11-31)30-8-2-18(3-9-30)23-26-6-7-27-23;18-10-17-7-5-11(6-8-17)13-9-12-3-1-2-4-14(12)16-15(13)19/h6-7,12-13,15,18,20-21H,2-5,8-11,14,25H2,1H3,(H,26,27)(H,28,29);1-4,9-11H,5-8H2,(H,16,19). The number of aromatic amines is 3. The lowest BCUT2D eigenvalue weighted by Gasteiger charge is -2.42. The summed E-state index contributed by atoms with van der Waals surface area (Å²) in [6.07, 6.45) is 13.1. The zero-order valence-corrected chi connectivity index (χ0v) is 29.4. The Bertz CT molecular complexity index is 1980. The van der Waals surface area contributed by atoms with Gasteiger partial charge in [0.2, 0.25) is 12.3 Å². The predicted molar refractivity (Wildman–Crippen MR) is 198 cm³/mol. The lowest BCUT2D eigenvalue weighted by molar-refractivity contribution is -0.134. The van der Waals surface area contributed by atoms with E-state index in [0.29, 0.717) is 18.4 Å². The minimum Gasteiger partial charge on any atom is -0.348 e. The van der Waals surface area contributed by atoms with Crippen molar-refractivity contribution in [3.05, 3.63) is 93.9 Å². The number of carbonyl (C=O) groups excluding carboxylic acids is 2. The van der Waals surface area contributed by atoms with Crippen LogP contribution in [0.15, 0.2) is 65.8 Å². The molecule has 0 bridgehead atoms. The second-order valence-corrected chi connectivity index (χ2v) is 14.5. The molecule has 3 saturated heterocycles. The van der Waals surface area contributed by atoms with Crippen LogP contribution < -0.4 is 11.3 Å². The highest BCUT2D eigenvalue weighted by Gasteiger charge is 2.32. The van der Waals surface area contributed by atoms with Gasteiger partial charge in [0.05, 0.1) is 17.8 Å². The summed E-state index contributed by atoms with van der Waals surface area (Å²) in [4.78, 5) is 52.9. The average molecular weight is 692 g/mol. The largest absolute Gasteiger partial charge is 0.348 e. The molecular weight excluding hydrogens is 642 g/mol. The first-order valence-corrected chi connectivity index (χ1v) is 18.4. The molecule has 5 aromatic rings. The van der Waals surface area contributed by atoms with Crippen molar-refractivity contribution in [3.8, 4) is 0 Å². The van der Waals surface area contributed by atoms with Crippen LogP contribution in [0.5, 0.6) is 0 Å². The number of nitrogens with one attached hydrogen (secondary N) is 3. The van der Waals surface area contributed by atoms with Gasteiger partial charge in [0.25, 0.3) is 5.56 Å². The van der Waals surface area contributed by atoms with Gasteiger partial charge in [0, 0.05) is 67.0 Å². The van der Waals surface area contributed by atoms with Gasteiger partial charge in [-0.3, -0.25) is 19.5 Å². The smallest absolute Gasteiger partial charge is 0.251 e. The molecule has 8 rings (SSSR count). The molecule has 5 N–H and O–H groups in total. The molecule has 3 aromatic heterocycles. The van der Waals surface area contributed by atoms with Crippen molar-refractivity contribution in [1.82, 2.24) is 39.8 Å². The van der Waals surface area contributed by atoms with Crippen molar-refractivity contribution < 1.29 is 9.59 Å². The highest BCUT2D eigenvalue weighted by atomic mass is 16.2. The zero-order valence-electron chi connectivity index (χ0n) is 29.4. The Morgan fingerprint density at radius 1 is 0.961 bits per heavy atom. The number of hydrogen-bond acceptors (Lipinski definition) is 7. The Kier molecular flexibility index (Phi) is 10.6. The molecule has 3 aliphatic rings. The van der Waals surface area contributed by atoms with Crippen LogP contribution in [0, 0.1) is 6.92 Å². The van der Waals surface area contributed by atoms with E-state index in [1.54, 1.807) is 4.90 Å². The number of hydrogen-bond donors (Lipinski definition) is 4. The molecule has 3 fully saturated rings. The number of fused-ring (bicyclic) bond motifs is 2. The molecule has 268 valence electrons. The van der Waals surface area contributed by atoms with E-state index in [1.165, 1.54) is 0 Å². The normalized spacial score (nSPS) is 18.9. The maximum absolute atomic E-state index is 13.0. The Morgan fingerprint density at radius 2 is 1.71 bits per heavy atom. The van der Waals surface area contributed by atoms with Crippen LogP contribution in [0.3, 0.4) is 0 Å². The van der Waals surface area contributed by atoms with Crippen molar-refractivity contribution in [3.63, 3.8) is 0 Å². The number of aryl methyl sites for hydroxylation is 1. The summed E-state index contributed by atoms with van der Waals surface area (Å²) in [5.41, 5.74) is 11.4. The maximum atomic E-state index is 13.0. The van der Waals surface area contributed by atoms with Crippen LogP contribution in [0.2, 0.25) is 0 Å². The fraction of sp³-hybridized carbons (Fsp3) is 0.462. The molecule has 0 spiro atoms. The molecule has 3 aliphatic heterocycles. The number of pyridine rings is 1. The van der Waals surface area contributed by atoms with Crippen molar-refractivity contribution >= 4 is 34.1 Å². The highest BCUT2D eigenvalue weighted by molar-refractivity contribution is 5.84. The van der Waals surface area contributed by atoms with Crippen LogP contribution in [-0.2, 0) is 16.0 Å². The van der Waals surface area contributed by atoms with Gasteiger partial charge < -0.3 is 30.4 Å². The molecule has 6 heterocycles. The van der Waals surface area contributed by atoms with E-state index < -0.39 is 6.04 Å². The van der Waals surface area contributed by atoms with Crippen LogP contribution in [0.25, 0.3) is 21.8 Å². The van der Waals surface area contributed by atoms with Crippen LogP contribution >= 0.6 is 0 Å². The first kappa shape index (κ1) is 34.6. The highest BCUT2D eigenvalue weighted by Crippen LogP contribution is 2.30. The van der Waals surface area contributed by atoms with E-state index in [9.17, 15) is 14.4 Å². The van der Waals surface area contributed by atoms with Crippen LogP contribution in [-0.4, -0.2) is 104 Å². The number of carbonyl (C=O) groups is 2. The number of piperidine rings is 3. The van der Waals surface area contributed by atoms with E-state index >= 15 is 0 Å². The third-order valence-electron chi connectivity index (χ3n) is 11.2. The Balaban J connectivity index is 0.000000182. The topological polar surface area (TPSA) is 160 Å². The van der Waals surface area contributed by atoms with E-state index in [4.69, 9.17) is 5.73 Å². The summed E-state index contributed by atoms with van der Waals surface area (Å²) in [7, 11) is 0. The summed E-state index contributed by atoms with van der Waals surface area (Å²) in [6.45, 7) is 7.35. The number of nitrogens with two attached hydrogens (primary N) is 1. The quantitative estimate of drug-likeness (QED) is 0.186. The number of H-pyrrole nitrogens is 3. The SMILES string of the molecule is Cc1cc(CC(N)C(=O)N2CCC(N3CCC(c4ncc[nH]4)CC3)CC2)cc2cn[nH]c12.O=CN1CCC(c2cc3ccccc3[nH]c2=O)CC1. The fourth-order valence-corrected chi connectivity index (χ4v) is 8.28. The average Bonchev–Trinajstić information content (AvgIpc) is 3.89. The Morgan fingerprint density at radius 3 is 2.43 bits per heavy atom. The zero-order chi connectivity index (χ0) is 35.3. The lowest BCUT2D eigenvalue weighted by atomic mass is 9.90. The van der Waals surface area contributed by atoms with E-state index in [1.807, 2.05) is 53.8 Å². The summed E-state index contributed by atoms with van der Waals surface area (Å²) >= 11 is 0. The summed E-state index contributed by atoms with van der Waals surface area (Å²) in [5.74, 6) is 2.00. The van der Waals surface area contributed by atoms with Gasteiger partial charge in [-0.15, -0.1) is 0 Å². The van der Waals surface area contributed by atoms with Crippen LogP contribution in [0.1, 0.15) is 72.9 Å². The number of nitrogens with zero attached hydrogens (tertiary/aromatic N) is 5. The molecule has 51 heavy (non-hydrogen) atoms. The monoisotopic (exact) mass is 691 g/mol. The van der Waals surface area contributed by atoms with E-state index in [-0.39, 0.29) is 17.4 Å². The fourth-order valence-electron chi connectivity index (χ4n) is 8.28. The number of benzene rings is 2. The molecule has 0 aliphatic carbocycles. The van der Waals surface area contributed by atoms with Gasteiger partial charge in [0.1, 0.15) is 5.82 Å². The molecule has 12 heteroatoms. The van der Waals surface area contributed by atoms with E-state index in [0.717, 1.165) is 129 Å². The number of rotatable bonds is 7. The summed E-state index contributed by atoms with van der Waals surface area (Å²) in [6, 6.07) is 14.1. The Hall–Kier alpha value is -4.81. The first-order chi connectivity index (χ1) is 24.9. The summed E-state index contributed by atoms with van der Waals surface area (Å²) in [5, 5.41) is 9.26. The molecule has 12 nitrogen and oxygen atoms in total. The van der Waals surface area contributed by atoms with Gasteiger partial charge in [-0.2, -0.15) is 5.10 Å². The minimum atomic E-state index is -0.501. The molecular formula is C39H49N9O3. The van der Waals surface area contributed by atoms with Gasteiger partial charge in [0.15, 0.2) is 0 Å². The third kappa shape index (κ3) is 7.92. The molecule has 1 unspecified atom stereocenters. The molecule has 0 radical (unpaired) electrons. The van der Waals surface area contributed by atoms with Gasteiger partial charge >= 0.3 is 0 Å². The van der Waals surface area contributed by atoms with Crippen molar-refractivity contribution in [1.29, 1.82) is 0 Å². The van der Waals surface area contributed by atoms with Crippen molar-refractivity contribution in [2.45, 2.75) is 75.8 Å². The molecule has 2 aromatic carbocycles. The maximum Gasteiger partial charge on any atom is 0.251 e. The number of para-hydroxylation sites is 1. The number of imidazole rings is 1. The number of amides is 2. The lowest BCUT2D eigenvalue weighted by Crippen LogP contribution is -2.52. The van der Waals surface area contributed by atoms with Crippen molar-refractivity contribution in [2.24, 2.45) is 5.73 Å². The second-order valence-electron chi connectivity index (χ2n) is 14.5. The Labute approximate surface area is 297 Å². The van der Waals surface area contributed by atoms with Gasteiger partial charge in [-0.1, -0.05) is 24.3 Å². The molecule has 1 atom stereocenters.